The van der Waals surface area contributed by atoms with Crippen molar-refractivity contribution >= 4 is 28.9 Å². The van der Waals surface area contributed by atoms with E-state index >= 15 is 0 Å². The third kappa shape index (κ3) is 4.56. The molecule has 4 rings (SSSR count). The third-order valence-corrected chi connectivity index (χ3v) is 5.99. The van der Waals surface area contributed by atoms with Crippen LogP contribution in [-0.4, -0.2) is 59.9 Å². The fourth-order valence-corrected chi connectivity index (χ4v) is 4.14. The van der Waals surface area contributed by atoms with Gasteiger partial charge in [-0.2, -0.15) is 10.4 Å². The first kappa shape index (κ1) is 23.2. The zero-order chi connectivity index (χ0) is 24.2. The zero-order valence-corrected chi connectivity index (χ0v) is 19.4. The van der Waals surface area contributed by atoms with Crippen molar-refractivity contribution in [2.24, 2.45) is 0 Å². The summed E-state index contributed by atoms with van der Waals surface area (Å²) in [6, 6.07) is 7.44. The molecule has 1 saturated heterocycles. The predicted molar refractivity (Wildman–Crippen MR) is 125 cm³/mol. The molecule has 176 valence electrons. The molecule has 0 unspecified atom stereocenters. The van der Waals surface area contributed by atoms with Gasteiger partial charge in [0.15, 0.2) is 5.65 Å². The Bertz CT molecular complexity index is 1290. The summed E-state index contributed by atoms with van der Waals surface area (Å²) < 4.78 is 12.0. The molecule has 1 aromatic carbocycles. The van der Waals surface area contributed by atoms with E-state index in [-0.39, 0.29) is 12.3 Å². The summed E-state index contributed by atoms with van der Waals surface area (Å²) in [5, 5.41) is 16.3. The SMILES string of the molecule is COC(=O)c1cc(N2CCOCC2)ccc1NC(=O)CCc1c(C)nc2c(C#N)cnn2c1C. The maximum Gasteiger partial charge on any atom is 0.340 e. The van der Waals surface area contributed by atoms with Gasteiger partial charge >= 0.3 is 5.97 Å². The molecule has 0 spiro atoms. The van der Waals surface area contributed by atoms with Gasteiger partial charge in [-0.1, -0.05) is 0 Å². The highest BCUT2D eigenvalue weighted by atomic mass is 16.5. The summed E-state index contributed by atoms with van der Waals surface area (Å²) in [6.45, 7) is 6.46. The Labute approximate surface area is 197 Å². The van der Waals surface area contributed by atoms with E-state index in [1.54, 1.807) is 16.6 Å². The number of benzene rings is 1. The fraction of sp³-hybridized carbons (Fsp3) is 0.375. The second-order valence-corrected chi connectivity index (χ2v) is 8.04. The van der Waals surface area contributed by atoms with Gasteiger partial charge in [-0.25, -0.2) is 14.3 Å². The van der Waals surface area contributed by atoms with Crippen molar-refractivity contribution < 1.29 is 19.1 Å². The number of morpholine rings is 1. The van der Waals surface area contributed by atoms with E-state index < -0.39 is 5.97 Å². The Morgan fingerprint density at radius 3 is 2.74 bits per heavy atom. The molecule has 2 aromatic heterocycles. The average molecular weight is 463 g/mol. The van der Waals surface area contributed by atoms with Gasteiger partial charge in [0.1, 0.15) is 11.6 Å². The molecule has 10 heteroatoms. The number of hydrogen-bond donors (Lipinski definition) is 1. The minimum atomic E-state index is -0.515. The molecule has 1 fully saturated rings. The second kappa shape index (κ2) is 9.89. The van der Waals surface area contributed by atoms with Crippen molar-refractivity contribution in [3.63, 3.8) is 0 Å². The number of aryl methyl sites for hydroxylation is 2. The van der Waals surface area contributed by atoms with Crippen LogP contribution in [0.5, 0.6) is 0 Å². The Morgan fingerprint density at radius 1 is 1.26 bits per heavy atom. The minimum absolute atomic E-state index is 0.188. The lowest BCUT2D eigenvalue weighted by atomic mass is 10.1. The minimum Gasteiger partial charge on any atom is -0.465 e. The Kier molecular flexibility index (Phi) is 6.75. The summed E-state index contributed by atoms with van der Waals surface area (Å²) in [7, 11) is 1.32. The van der Waals surface area contributed by atoms with Crippen molar-refractivity contribution in [3.8, 4) is 6.07 Å². The van der Waals surface area contributed by atoms with Gasteiger partial charge in [0, 0.05) is 36.6 Å². The molecule has 3 heterocycles. The summed E-state index contributed by atoms with van der Waals surface area (Å²) in [6.07, 6.45) is 2.11. The van der Waals surface area contributed by atoms with Crippen molar-refractivity contribution in [3.05, 3.63) is 52.5 Å². The summed E-state index contributed by atoms with van der Waals surface area (Å²) in [5.74, 6) is -0.750. The normalized spacial score (nSPS) is 13.5. The van der Waals surface area contributed by atoms with Gasteiger partial charge in [-0.15, -0.1) is 0 Å². The van der Waals surface area contributed by atoms with E-state index in [0.29, 0.717) is 42.1 Å². The smallest absolute Gasteiger partial charge is 0.340 e. The second-order valence-electron chi connectivity index (χ2n) is 8.04. The van der Waals surface area contributed by atoms with Gasteiger partial charge in [0.05, 0.1) is 37.8 Å². The zero-order valence-electron chi connectivity index (χ0n) is 19.4. The lowest BCUT2D eigenvalue weighted by Crippen LogP contribution is -2.36. The fourth-order valence-electron chi connectivity index (χ4n) is 4.14. The van der Waals surface area contributed by atoms with E-state index in [2.05, 4.69) is 26.4 Å². The summed E-state index contributed by atoms with van der Waals surface area (Å²) in [4.78, 5) is 31.8. The molecule has 34 heavy (non-hydrogen) atoms. The lowest BCUT2D eigenvalue weighted by Gasteiger charge is -2.29. The molecule has 0 bridgehead atoms. The van der Waals surface area contributed by atoms with E-state index in [4.69, 9.17) is 9.47 Å². The van der Waals surface area contributed by atoms with Crippen LogP contribution in [0.3, 0.4) is 0 Å². The number of carbonyl (C=O) groups is 2. The van der Waals surface area contributed by atoms with Crippen molar-refractivity contribution in [2.45, 2.75) is 26.7 Å². The first-order chi connectivity index (χ1) is 16.4. The lowest BCUT2D eigenvalue weighted by molar-refractivity contribution is -0.116. The van der Waals surface area contributed by atoms with Crippen LogP contribution in [0.2, 0.25) is 0 Å². The standard InChI is InChI=1S/C24H26N6O4/c1-15-19(16(2)30-23(27-15)17(13-25)14-26-30)5-7-22(31)28-21-6-4-18(12-20(21)24(32)33-3)29-8-10-34-11-9-29/h4,6,12,14H,5,7-11H2,1-3H3,(H,28,31). The van der Waals surface area contributed by atoms with Gasteiger partial charge in [-0.05, 0) is 44.0 Å². The van der Waals surface area contributed by atoms with Crippen LogP contribution in [0, 0.1) is 25.2 Å². The third-order valence-electron chi connectivity index (χ3n) is 5.99. The number of nitrogens with one attached hydrogen (secondary N) is 1. The molecule has 0 aliphatic carbocycles. The van der Waals surface area contributed by atoms with Crippen molar-refractivity contribution in [2.75, 3.05) is 43.6 Å². The van der Waals surface area contributed by atoms with E-state index in [1.807, 2.05) is 19.9 Å². The van der Waals surface area contributed by atoms with Crippen molar-refractivity contribution in [1.82, 2.24) is 14.6 Å². The molecule has 1 N–H and O–H groups in total. The molecule has 10 nitrogen and oxygen atoms in total. The number of methoxy groups -OCH3 is 1. The van der Waals surface area contributed by atoms with Gasteiger partial charge in [0.25, 0.3) is 0 Å². The van der Waals surface area contributed by atoms with Crippen LogP contribution >= 0.6 is 0 Å². The molecule has 0 saturated carbocycles. The van der Waals surface area contributed by atoms with E-state index in [1.165, 1.54) is 13.3 Å². The number of amides is 1. The highest BCUT2D eigenvalue weighted by Crippen LogP contribution is 2.26. The molecular weight excluding hydrogens is 436 g/mol. The molecular formula is C24H26N6O4. The largest absolute Gasteiger partial charge is 0.465 e. The van der Waals surface area contributed by atoms with Crippen LogP contribution in [0.1, 0.15) is 39.3 Å². The molecule has 0 radical (unpaired) electrons. The van der Waals surface area contributed by atoms with E-state index in [9.17, 15) is 14.9 Å². The predicted octanol–water partition coefficient (Wildman–Crippen LogP) is 2.41. The summed E-state index contributed by atoms with van der Waals surface area (Å²) >= 11 is 0. The molecule has 3 aromatic rings. The topological polar surface area (TPSA) is 122 Å². The van der Waals surface area contributed by atoms with Crippen LogP contribution in [0.15, 0.2) is 24.4 Å². The van der Waals surface area contributed by atoms with E-state index in [0.717, 1.165) is 35.7 Å². The molecule has 1 amide bonds. The van der Waals surface area contributed by atoms with Gasteiger partial charge in [-0.3, -0.25) is 4.79 Å². The molecule has 0 atom stereocenters. The number of esters is 1. The number of ether oxygens (including phenoxy) is 2. The molecule has 1 aliphatic rings. The number of nitriles is 1. The highest BCUT2D eigenvalue weighted by Gasteiger charge is 2.19. The number of aromatic nitrogens is 3. The number of fused-ring (bicyclic) bond motifs is 1. The van der Waals surface area contributed by atoms with Crippen LogP contribution < -0.4 is 10.2 Å². The number of rotatable bonds is 6. The Hall–Kier alpha value is -3.97. The van der Waals surface area contributed by atoms with Gasteiger partial charge in [0.2, 0.25) is 5.91 Å². The maximum absolute atomic E-state index is 12.8. The van der Waals surface area contributed by atoms with Gasteiger partial charge < -0.3 is 19.7 Å². The number of carbonyl (C=O) groups excluding carboxylic acids is 2. The summed E-state index contributed by atoms with van der Waals surface area (Å²) in [5.41, 5.74) is 4.98. The first-order valence-electron chi connectivity index (χ1n) is 11.0. The highest BCUT2D eigenvalue weighted by molar-refractivity contribution is 6.02. The van der Waals surface area contributed by atoms with Crippen LogP contribution in [-0.2, 0) is 20.7 Å². The average Bonchev–Trinajstić information content (AvgIpc) is 3.27. The molecule has 1 aliphatic heterocycles. The monoisotopic (exact) mass is 462 g/mol. The Balaban J connectivity index is 1.50. The number of anilines is 2. The van der Waals surface area contributed by atoms with Crippen LogP contribution in [0.25, 0.3) is 5.65 Å². The first-order valence-corrected chi connectivity index (χ1v) is 11.0. The number of nitrogens with zero attached hydrogens (tertiary/aromatic N) is 5. The number of hydrogen-bond acceptors (Lipinski definition) is 8. The quantitative estimate of drug-likeness (QED) is 0.554. The van der Waals surface area contributed by atoms with Crippen LogP contribution in [0.4, 0.5) is 11.4 Å². The van der Waals surface area contributed by atoms with Crippen molar-refractivity contribution in [1.29, 1.82) is 5.26 Å². The Morgan fingerprint density at radius 2 is 2.03 bits per heavy atom. The maximum atomic E-state index is 12.8.